The summed E-state index contributed by atoms with van der Waals surface area (Å²) >= 11 is 0. The lowest BCUT2D eigenvalue weighted by Crippen LogP contribution is -2.36. The number of pyridine rings is 1. The molecular formula is C26H35N5O2. The third-order valence-electron chi connectivity index (χ3n) is 6.52. The zero-order valence-corrected chi connectivity index (χ0v) is 20.2. The van der Waals surface area contributed by atoms with E-state index in [2.05, 4.69) is 54.3 Å². The van der Waals surface area contributed by atoms with Crippen molar-refractivity contribution in [1.29, 1.82) is 0 Å². The number of nitrogens with one attached hydrogen (secondary N) is 1. The number of nitrogens with zero attached hydrogens (tertiary/aromatic N) is 4. The summed E-state index contributed by atoms with van der Waals surface area (Å²) in [5, 5.41) is 8.70. The molecule has 1 aliphatic rings. The van der Waals surface area contributed by atoms with Crippen molar-refractivity contribution >= 4 is 16.9 Å². The average molecular weight is 450 g/mol. The summed E-state index contributed by atoms with van der Waals surface area (Å²) in [7, 11) is 0. The number of amides is 1. The fraction of sp³-hybridized carbons (Fsp3) is 0.500. The minimum atomic E-state index is 0.0629. The van der Waals surface area contributed by atoms with Gasteiger partial charge in [-0.15, -0.1) is 0 Å². The number of aromatic nitrogens is 3. The predicted octanol–water partition coefficient (Wildman–Crippen LogP) is 3.71. The van der Waals surface area contributed by atoms with Crippen molar-refractivity contribution < 1.29 is 9.53 Å². The van der Waals surface area contributed by atoms with Gasteiger partial charge in [0.15, 0.2) is 5.65 Å². The van der Waals surface area contributed by atoms with Crippen molar-refractivity contribution in [2.45, 2.75) is 59.7 Å². The van der Waals surface area contributed by atoms with Crippen molar-refractivity contribution in [3.8, 4) is 0 Å². The highest BCUT2D eigenvalue weighted by molar-refractivity contribution is 5.81. The van der Waals surface area contributed by atoms with E-state index in [0.717, 1.165) is 55.1 Å². The highest BCUT2D eigenvalue weighted by atomic mass is 16.5. The van der Waals surface area contributed by atoms with Crippen LogP contribution in [0.2, 0.25) is 0 Å². The van der Waals surface area contributed by atoms with Gasteiger partial charge in [0.1, 0.15) is 0 Å². The molecule has 1 saturated heterocycles. The fourth-order valence-corrected chi connectivity index (χ4v) is 4.54. The lowest BCUT2D eigenvalue weighted by Gasteiger charge is -2.27. The quantitative estimate of drug-likeness (QED) is 0.568. The number of hydrogen-bond donors (Lipinski definition) is 1. The number of aryl methyl sites for hydroxylation is 2. The van der Waals surface area contributed by atoms with Gasteiger partial charge in [-0.2, -0.15) is 5.10 Å². The highest BCUT2D eigenvalue weighted by Crippen LogP contribution is 2.25. The Morgan fingerprint density at radius 1 is 1.15 bits per heavy atom. The Morgan fingerprint density at radius 3 is 2.61 bits per heavy atom. The van der Waals surface area contributed by atoms with Gasteiger partial charge in [0.25, 0.3) is 0 Å². The van der Waals surface area contributed by atoms with E-state index in [-0.39, 0.29) is 11.9 Å². The van der Waals surface area contributed by atoms with Gasteiger partial charge in [-0.25, -0.2) is 9.67 Å². The molecule has 0 aliphatic carbocycles. The number of carbonyl (C=O) groups is 1. The van der Waals surface area contributed by atoms with Gasteiger partial charge in [-0.3, -0.25) is 9.69 Å². The Balaban J connectivity index is 1.37. The number of rotatable bonds is 8. The second kappa shape index (κ2) is 10.4. The molecule has 7 heteroatoms. The molecule has 1 aromatic carbocycles. The van der Waals surface area contributed by atoms with Crippen molar-refractivity contribution in [1.82, 2.24) is 25.0 Å². The molecule has 0 atom stereocenters. The van der Waals surface area contributed by atoms with Crippen LogP contribution in [0, 0.1) is 13.8 Å². The Hall–Kier alpha value is -2.77. The van der Waals surface area contributed by atoms with E-state index >= 15 is 0 Å². The normalized spacial score (nSPS) is 14.8. The van der Waals surface area contributed by atoms with Crippen LogP contribution in [0.15, 0.2) is 30.5 Å². The van der Waals surface area contributed by atoms with Crippen LogP contribution in [0.25, 0.3) is 11.0 Å². The van der Waals surface area contributed by atoms with E-state index < -0.39 is 0 Å². The zero-order chi connectivity index (χ0) is 23.4. The van der Waals surface area contributed by atoms with Crippen LogP contribution in [-0.4, -0.2) is 51.9 Å². The molecule has 1 N–H and O–H groups in total. The molecule has 1 fully saturated rings. The maximum absolute atomic E-state index is 12.7. The molecule has 3 heterocycles. The van der Waals surface area contributed by atoms with E-state index in [1.165, 1.54) is 16.7 Å². The maximum Gasteiger partial charge on any atom is 0.220 e. The van der Waals surface area contributed by atoms with Crippen molar-refractivity contribution in [2.24, 2.45) is 0 Å². The molecule has 0 bridgehead atoms. The van der Waals surface area contributed by atoms with Crippen LogP contribution in [0.5, 0.6) is 0 Å². The van der Waals surface area contributed by atoms with E-state index in [9.17, 15) is 4.79 Å². The Morgan fingerprint density at radius 2 is 1.88 bits per heavy atom. The summed E-state index contributed by atoms with van der Waals surface area (Å²) in [6.07, 6.45) is 3.01. The first kappa shape index (κ1) is 23.4. The predicted molar refractivity (Wildman–Crippen MR) is 130 cm³/mol. The molecule has 176 valence electrons. The number of morpholine rings is 1. The van der Waals surface area contributed by atoms with E-state index in [1.54, 1.807) is 0 Å². The first-order valence-corrected chi connectivity index (χ1v) is 11.9. The smallest absolute Gasteiger partial charge is 0.220 e. The van der Waals surface area contributed by atoms with E-state index in [0.29, 0.717) is 19.4 Å². The lowest BCUT2D eigenvalue weighted by molar-refractivity contribution is -0.121. The van der Waals surface area contributed by atoms with Gasteiger partial charge < -0.3 is 10.1 Å². The molecule has 0 radical (unpaired) electrons. The van der Waals surface area contributed by atoms with Crippen molar-refractivity contribution in [2.75, 3.05) is 26.3 Å². The topological polar surface area (TPSA) is 72.3 Å². The average Bonchev–Trinajstić information content (AvgIpc) is 3.23. The Kier molecular flexibility index (Phi) is 7.40. The third-order valence-corrected chi connectivity index (χ3v) is 6.52. The van der Waals surface area contributed by atoms with Crippen LogP contribution in [0.4, 0.5) is 0 Å². The number of fused-ring (bicyclic) bond motifs is 1. The standard InChI is InChI=1S/C26H35N5O2/c1-18(2)31-26-24(16-28-31)19(3)23(20(4)29-26)9-10-25(32)27-15-21-7-5-6-8-22(21)17-30-11-13-33-14-12-30/h5-8,16,18H,9-15,17H2,1-4H3,(H,27,32). The van der Waals surface area contributed by atoms with Gasteiger partial charge >= 0.3 is 0 Å². The molecule has 33 heavy (non-hydrogen) atoms. The first-order valence-electron chi connectivity index (χ1n) is 11.9. The molecule has 1 aliphatic heterocycles. The highest BCUT2D eigenvalue weighted by Gasteiger charge is 2.16. The van der Waals surface area contributed by atoms with Crippen LogP contribution < -0.4 is 5.32 Å². The monoisotopic (exact) mass is 449 g/mol. The summed E-state index contributed by atoms with van der Waals surface area (Å²) in [5.41, 5.74) is 6.66. The molecule has 1 amide bonds. The molecule has 4 rings (SSSR count). The first-order chi connectivity index (χ1) is 15.9. The Labute approximate surface area is 196 Å². The Bertz CT molecular complexity index is 1120. The summed E-state index contributed by atoms with van der Waals surface area (Å²) in [6, 6.07) is 8.62. The van der Waals surface area contributed by atoms with Crippen molar-refractivity contribution in [3.63, 3.8) is 0 Å². The molecule has 3 aromatic rings. The number of hydrogen-bond acceptors (Lipinski definition) is 5. The van der Waals surface area contributed by atoms with Gasteiger partial charge in [0.05, 0.1) is 19.4 Å². The molecule has 7 nitrogen and oxygen atoms in total. The summed E-state index contributed by atoms with van der Waals surface area (Å²) < 4.78 is 7.41. The second-order valence-corrected chi connectivity index (χ2v) is 9.15. The second-order valence-electron chi connectivity index (χ2n) is 9.15. The molecule has 0 unspecified atom stereocenters. The SMILES string of the molecule is Cc1nc2c(cnn2C(C)C)c(C)c1CCC(=O)NCc1ccccc1CN1CCOCC1. The van der Waals surface area contributed by atoms with Gasteiger partial charge in [-0.05, 0) is 56.4 Å². The number of ether oxygens (including phenoxy) is 1. The van der Waals surface area contributed by atoms with Gasteiger partial charge in [0, 0.05) is 49.7 Å². The molecule has 0 saturated carbocycles. The van der Waals surface area contributed by atoms with Crippen LogP contribution >= 0.6 is 0 Å². The largest absolute Gasteiger partial charge is 0.379 e. The summed E-state index contributed by atoms with van der Waals surface area (Å²) in [6.45, 7) is 13.3. The van der Waals surface area contributed by atoms with Crippen LogP contribution in [-0.2, 0) is 29.0 Å². The van der Waals surface area contributed by atoms with Crippen molar-refractivity contribution in [3.05, 3.63) is 58.4 Å². The van der Waals surface area contributed by atoms with Gasteiger partial charge in [0.2, 0.25) is 5.91 Å². The third kappa shape index (κ3) is 5.42. The van der Waals surface area contributed by atoms with E-state index in [4.69, 9.17) is 9.72 Å². The minimum Gasteiger partial charge on any atom is -0.379 e. The number of carbonyl (C=O) groups excluding carboxylic acids is 1. The summed E-state index contributed by atoms with van der Waals surface area (Å²) in [5.74, 6) is 0.0629. The van der Waals surface area contributed by atoms with Crippen LogP contribution in [0.1, 0.15) is 54.3 Å². The molecule has 0 spiro atoms. The summed E-state index contributed by atoms with van der Waals surface area (Å²) in [4.78, 5) is 19.9. The maximum atomic E-state index is 12.7. The minimum absolute atomic E-state index is 0.0629. The molecular weight excluding hydrogens is 414 g/mol. The lowest BCUT2D eigenvalue weighted by atomic mass is 10.00. The van der Waals surface area contributed by atoms with E-state index in [1.807, 2.05) is 23.9 Å². The number of benzene rings is 1. The van der Waals surface area contributed by atoms with Crippen LogP contribution in [0.3, 0.4) is 0 Å². The molecule has 2 aromatic heterocycles. The van der Waals surface area contributed by atoms with Gasteiger partial charge in [-0.1, -0.05) is 24.3 Å². The fourth-order valence-electron chi connectivity index (χ4n) is 4.54. The zero-order valence-electron chi connectivity index (χ0n) is 20.2.